The van der Waals surface area contributed by atoms with Gasteiger partial charge in [-0.25, -0.2) is 9.79 Å². The molecule has 0 radical (unpaired) electrons. The van der Waals surface area contributed by atoms with E-state index in [2.05, 4.69) is 80.4 Å². The third kappa shape index (κ3) is 7.31. The largest absolute Gasteiger partial charge is 0.487 e. The van der Waals surface area contributed by atoms with Crippen molar-refractivity contribution < 1.29 is 14.3 Å². The van der Waals surface area contributed by atoms with Gasteiger partial charge in [-0.15, -0.1) is 0 Å². The van der Waals surface area contributed by atoms with Crippen molar-refractivity contribution in [2.75, 3.05) is 6.61 Å². The number of ether oxygens (including phenoxy) is 2. The second kappa shape index (κ2) is 15.1. The third-order valence-corrected chi connectivity index (χ3v) is 10.7. The molecule has 1 atom stereocenters. The molecule has 6 nitrogen and oxygen atoms in total. The van der Waals surface area contributed by atoms with Crippen LogP contribution in [0.1, 0.15) is 60.5 Å². The number of halogens is 3. The first-order valence-corrected chi connectivity index (χ1v) is 18.9. The molecule has 0 saturated carbocycles. The highest BCUT2D eigenvalue weighted by Crippen LogP contribution is 2.36. The molecule has 0 aliphatic carbocycles. The number of thiazole rings is 1. The summed E-state index contributed by atoms with van der Waals surface area (Å²) in [6, 6.07) is 28.8. The molecule has 1 aliphatic heterocycles. The van der Waals surface area contributed by atoms with Crippen LogP contribution in [0, 0.1) is 3.57 Å². The fraction of sp³-hybridized carbons (Fsp3) is 0.184. The average molecular weight is 898 g/mol. The van der Waals surface area contributed by atoms with Crippen molar-refractivity contribution in [1.29, 1.82) is 0 Å². The molecule has 0 amide bonds. The molecule has 6 rings (SSSR count). The maximum Gasteiger partial charge on any atom is 0.338 e. The topological polar surface area (TPSA) is 69.9 Å². The van der Waals surface area contributed by atoms with Gasteiger partial charge in [0.2, 0.25) is 0 Å². The lowest BCUT2D eigenvalue weighted by Crippen LogP contribution is -2.40. The van der Waals surface area contributed by atoms with Crippen LogP contribution in [0.15, 0.2) is 115 Å². The quantitative estimate of drug-likeness (QED) is 0.110. The van der Waals surface area contributed by atoms with E-state index in [4.69, 9.17) is 14.5 Å². The minimum atomic E-state index is -0.741. The lowest BCUT2D eigenvalue weighted by Gasteiger charge is -2.26. The minimum Gasteiger partial charge on any atom is -0.487 e. The molecule has 2 heterocycles. The molecule has 0 spiro atoms. The summed E-state index contributed by atoms with van der Waals surface area (Å²) in [4.78, 5) is 33.8. The second-order valence-corrected chi connectivity index (χ2v) is 15.5. The highest BCUT2D eigenvalue weighted by Gasteiger charge is 2.35. The van der Waals surface area contributed by atoms with Gasteiger partial charge in [0.15, 0.2) is 4.80 Å². The number of aromatic nitrogens is 1. The Morgan fingerprint density at radius 1 is 1.00 bits per heavy atom. The van der Waals surface area contributed by atoms with Crippen molar-refractivity contribution in [3.63, 3.8) is 0 Å². The van der Waals surface area contributed by atoms with Crippen LogP contribution in [0.5, 0.6) is 5.75 Å². The van der Waals surface area contributed by atoms with Crippen LogP contribution in [-0.2, 0) is 16.1 Å². The Bertz CT molecular complexity index is 2190. The lowest BCUT2D eigenvalue weighted by atomic mass is 9.91. The molecule has 1 aromatic heterocycles. The first-order valence-electron chi connectivity index (χ1n) is 15.4. The van der Waals surface area contributed by atoms with Gasteiger partial charge in [0.05, 0.1) is 32.0 Å². The van der Waals surface area contributed by atoms with Crippen LogP contribution in [-0.4, -0.2) is 17.1 Å². The molecular weight excluding hydrogens is 867 g/mol. The maximum absolute atomic E-state index is 14.5. The first-order chi connectivity index (χ1) is 23.1. The molecule has 0 N–H and O–H groups in total. The molecule has 4 aromatic carbocycles. The molecule has 0 unspecified atom stereocenters. The lowest BCUT2D eigenvalue weighted by molar-refractivity contribution is -0.138. The van der Waals surface area contributed by atoms with Crippen LogP contribution in [0.25, 0.3) is 11.8 Å². The van der Waals surface area contributed by atoms with Crippen molar-refractivity contribution in [2.45, 2.75) is 39.3 Å². The van der Waals surface area contributed by atoms with E-state index in [0.29, 0.717) is 38.9 Å². The monoisotopic (exact) mass is 896 g/mol. The van der Waals surface area contributed by atoms with E-state index in [0.717, 1.165) is 40.3 Å². The number of fused-ring (bicyclic) bond motifs is 1. The molecule has 1 aliphatic rings. The van der Waals surface area contributed by atoms with Crippen molar-refractivity contribution in [2.24, 2.45) is 4.99 Å². The summed E-state index contributed by atoms with van der Waals surface area (Å²) in [5.74, 6) is 0.497. The van der Waals surface area contributed by atoms with Crippen molar-refractivity contribution >= 4 is 83.5 Å². The Morgan fingerprint density at radius 2 is 1.71 bits per heavy atom. The standard InChI is InChI=1S/C38H31Br2IN2O4S/c1-4-46-37(45)32-33(25-8-6-5-7-9-25)42-38-43(34(32)26-14-12-24(13-15-26)22(2)3)36(44)31(48-38)19-27-18-29(40)20-30(41)35(27)47-21-23-10-16-28(39)17-11-23/h5-20,22,34H,4,21H2,1-3H3/b31-19-/t34-/m0/s1. The van der Waals surface area contributed by atoms with Gasteiger partial charge in [0.1, 0.15) is 12.4 Å². The maximum atomic E-state index is 14.5. The summed E-state index contributed by atoms with van der Waals surface area (Å²) in [7, 11) is 0. The van der Waals surface area contributed by atoms with Crippen molar-refractivity contribution in [3.8, 4) is 5.75 Å². The minimum absolute atomic E-state index is 0.193. The fourth-order valence-electron chi connectivity index (χ4n) is 5.54. The Labute approximate surface area is 313 Å². The summed E-state index contributed by atoms with van der Waals surface area (Å²) in [6.07, 6.45) is 1.85. The van der Waals surface area contributed by atoms with E-state index >= 15 is 0 Å². The van der Waals surface area contributed by atoms with Gasteiger partial charge in [0, 0.05) is 20.1 Å². The van der Waals surface area contributed by atoms with E-state index in [1.54, 1.807) is 11.5 Å². The summed E-state index contributed by atoms with van der Waals surface area (Å²) < 4.78 is 16.8. The van der Waals surface area contributed by atoms with Crippen LogP contribution in [0.4, 0.5) is 0 Å². The van der Waals surface area contributed by atoms with Gasteiger partial charge in [-0.2, -0.15) is 0 Å². The number of hydrogen-bond donors (Lipinski definition) is 0. The van der Waals surface area contributed by atoms with E-state index < -0.39 is 12.0 Å². The summed E-state index contributed by atoms with van der Waals surface area (Å²) >= 11 is 10.7. The van der Waals surface area contributed by atoms with Gasteiger partial charge in [0.25, 0.3) is 5.56 Å². The highest BCUT2D eigenvalue weighted by atomic mass is 127. The number of carbonyl (C=O) groups is 1. The van der Waals surface area contributed by atoms with E-state index in [1.807, 2.05) is 84.9 Å². The molecular formula is C38H31Br2IN2O4S. The molecule has 0 saturated heterocycles. The zero-order valence-corrected chi connectivity index (χ0v) is 32.5. The normalized spacial score (nSPS) is 14.6. The molecule has 244 valence electrons. The van der Waals surface area contributed by atoms with E-state index in [1.165, 1.54) is 11.3 Å². The SMILES string of the molecule is CCOC(=O)C1=C(c2ccccc2)N=c2s/c(=C\c3cc(Br)cc(I)c3OCc3ccc(Br)cc3)c(=O)n2[C@H]1c1ccc(C(C)C)cc1. The number of hydrogen-bond acceptors (Lipinski definition) is 6. The number of benzene rings is 4. The fourth-order valence-corrected chi connectivity index (χ4v) is 8.50. The molecule has 0 bridgehead atoms. The molecule has 5 aromatic rings. The second-order valence-electron chi connectivity index (χ2n) is 11.5. The Kier molecular flexibility index (Phi) is 10.8. The number of rotatable bonds is 9. The smallest absolute Gasteiger partial charge is 0.338 e. The predicted octanol–water partition coefficient (Wildman–Crippen LogP) is 8.77. The van der Waals surface area contributed by atoms with Gasteiger partial charge in [-0.05, 0) is 82.5 Å². The van der Waals surface area contributed by atoms with Gasteiger partial charge in [-0.1, -0.05) is 124 Å². The number of esters is 1. The molecule has 10 heteroatoms. The molecule has 48 heavy (non-hydrogen) atoms. The third-order valence-electron chi connectivity index (χ3n) is 7.91. The average Bonchev–Trinajstić information content (AvgIpc) is 3.38. The first kappa shape index (κ1) is 34.5. The molecule has 0 fully saturated rings. The van der Waals surface area contributed by atoms with Gasteiger partial charge < -0.3 is 9.47 Å². The zero-order chi connectivity index (χ0) is 33.9. The van der Waals surface area contributed by atoms with Gasteiger partial charge >= 0.3 is 5.97 Å². The Hall–Kier alpha value is -3.32. The van der Waals surface area contributed by atoms with Crippen LogP contribution in [0.3, 0.4) is 0 Å². The van der Waals surface area contributed by atoms with Crippen LogP contribution < -0.4 is 19.6 Å². The van der Waals surface area contributed by atoms with Crippen LogP contribution in [0.2, 0.25) is 0 Å². The zero-order valence-electron chi connectivity index (χ0n) is 26.4. The summed E-state index contributed by atoms with van der Waals surface area (Å²) in [6.45, 7) is 6.60. The Morgan fingerprint density at radius 3 is 2.38 bits per heavy atom. The van der Waals surface area contributed by atoms with Crippen molar-refractivity contribution in [1.82, 2.24) is 4.57 Å². The van der Waals surface area contributed by atoms with Crippen LogP contribution >= 0.6 is 65.8 Å². The van der Waals surface area contributed by atoms with E-state index in [-0.39, 0.29) is 12.2 Å². The summed E-state index contributed by atoms with van der Waals surface area (Å²) in [5, 5.41) is 0. The Balaban J connectivity index is 1.55. The summed E-state index contributed by atoms with van der Waals surface area (Å²) in [5.41, 5.74) is 5.08. The number of carbonyl (C=O) groups excluding carboxylic acids is 1. The number of nitrogens with zero attached hydrogens (tertiary/aromatic N) is 2. The predicted molar refractivity (Wildman–Crippen MR) is 207 cm³/mol. The highest BCUT2D eigenvalue weighted by molar-refractivity contribution is 14.1. The van der Waals surface area contributed by atoms with Crippen molar-refractivity contribution in [3.05, 3.63) is 157 Å². The van der Waals surface area contributed by atoms with Gasteiger partial charge in [-0.3, -0.25) is 9.36 Å². The van der Waals surface area contributed by atoms with E-state index in [9.17, 15) is 9.59 Å².